The molecule has 166 valence electrons. The van der Waals surface area contributed by atoms with Gasteiger partial charge in [-0.3, -0.25) is 0 Å². The van der Waals surface area contributed by atoms with Crippen molar-refractivity contribution in [2.75, 3.05) is 26.2 Å². The van der Waals surface area contributed by atoms with Crippen LogP contribution in [0, 0.1) is 6.92 Å². The number of sulfonamides is 1. The van der Waals surface area contributed by atoms with Crippen LogP contribution in [-0.2, 0) is 16.6 Å². The Hall–Kier alpha value is -1.80. The Bertz CT molecular complexity index is 1070. The molecule has 0 unspecified atom stereocenters. The van der Waals surface area contributed by atoms with E-state index < -0.39 is 10.0 Å². The fraction of sp³-hybridized carbons (Fsp3) is 0.409. The Labute approximate surface area is 193 Å². The monoisotopic (exact) mass is 481 g/mol. The predicted octanol–water partition coefficient (Wildman–Crippen LogP) is 4.39. The van der Waals surface area contributed by atoms with Crippen LogP contribution in [0.3, 0.4) is 0 Å². The molecule has 9 heteroatoms. The van der Waals surface area contributed by atoms with E-state index >= 15 is 0 Å². The highest BCUT2D eigenvalue weighted by molar-refractivity contribution is 7.89. The number of nitrogens with zero attached hydrogens (tertiary/aromatic N) is 3. The summed E-state index contributed by atoms with van der Waals surface area (Å²) in [5.41, 5.74) is 2.31. The van der Waals surface area contributed by atoms with Crippen LogP contribution < -0.4 is 0 Å². The van der Waals surface area contributed by atoms with E-state index in [9.17, 15) is 13.2 Å². The predicted molar refractivity (Wildman–Crippen MR) is 122 cm³/mol. The van der Waals surface area contributed by atoms with Crippen molar-refractivity contribution in [1.29, 1.82) is 0 Å². The van der Waals surface area contributed by atoms with E-state index in [1.807, 2.05) is 16.7 Å². The molecule has 2 aliphatic rings. The summed E-state index contributed by atoms with van der Waals surface area (Å²) in [4.78, 5) is 16.8. The summed E-state index contributed by atoms with van der Waals surface area (Å²) < 4.78 is 27.4. The van der Waals surface area contributed by atoms with Crippen LogP contribution in [-0.4, -0.2) is 60.8 Å². The number of hydrogen-bond acceptors (Lipinski definition) is 3. The van der Waals surface area contributed by atoms with Crippen LogP contribution in [0.5, 0.6) is 0 Å². The molecule has 2 fully saturated rings. The number of carbonyl (C=O) groups is 1. The zero-order chi connectivity index (χ0) is 22.2. The smallest absolute Gasteiger partial charge is 0.320 e. The second-order valence-corrected chi connectivity index (χ2v) is 10.8. The Balaban J connectivity index is 1.37. The number of piperidine rings is 1. The van der Waals surface area contributed by atoms with E-state index in [-0.39, 0.29) is 22.0 Å². The van der Waals surface area contributed by atoms with Gasteiger partial charge >= 0.3 is 6.03 Å². The zero-order valence-corrected chi connectivity index (χ0v) is 19.6. The maximum Gasteiger partial charge on any atom is 0.320 e. The van der Waals surface area contributed by atoms with Crippen molar-refractivity contribution in [1.82, 2.24) is 14.1 Å². The highest BCUT2D eigenvalue weighted by Crippen LogP contribution is 2.29. The molecule has 0 radical (unpaired) electrons. The Kier molecular flexibility index (Phi) is 6.49. The van der Waals surface area contributed by atoms with Crippen molar-refractivity contribution in [3.05, 3.63) is 63.6 Å². The number of urea groups is 1. The Morgan fingerprint density at radius 3 is 2.26 bits per heavy atom. The minimum atomic E-state index is -3.64. The topological polar surface area (TPSA) is 60.9 Å². The molecule has 0 N–H and O–H groups in total. The molecular formula is C22H25Cl2N3O3S. The fourth-order valence-electron chi connectivity index (χ4n) is 4.18. The van der Waals surface area contributed by atoms with Gasteiger partial charge in [-0.25, -0.2) is 13.2 Å². The van der Waals surface area contributed by atoms with Gasteiger partial charge in [-0.1, -0.05) is 53.0 Å². The Morgan fingerprint density at radius 2 is 1.61 bits per heavy atom. The molecule has 2 aromatic carbocycles. The van der Waals surface area contributed by atoms with E-state index in [0.29, 0.717) is 50.6 Å². The molecule has 0 spiro atoms. The van der Waals surface area contributed by atoms with Crippen LogP contribution in [0.2, 0.25) is 10.0 Å². The quantitative estimate of drug-likeness (QED) is 0.635. The molecule has 2 saturated heterocycles. The fourth-order valence-corrected chi connectivity index (χ4v) is 6.04. The van der Waals surface area contributed by atoms with Crippen molar-refractivity contribution in [3.63, 3.8) is 0 Å². The van der Waals surface area contributed by atoms with Crippen LogP contribution in [0.1, 0.15) is 24.0 Å². The first-order valence-electron chi connectivity index (χ1n) is 10.3. The average molecular weight is 482 g/mol. The highest BCUT2D eigenvalue weighted by Gasteiger charge is 2.37. The van der Waals surface area contributed by atoms with Crippen molar-refractivity contribution < 1.29 is 13.2 Å². The zero-order valence-electron chi connectivity index (χ0n) is 17.3. The second kappa shape index (κ2) is 8.98. The lowest BCUT2D eigenvalue weighted by molar-refractivity contribution is 0.153. The summed E-state index contributed by atoms with van der Waals surface area (Å²) in [5.74, 6) is 0. The summed E-state index contributed by atoms with van der Waals surface area (Å²) >= 11 is 11.9. The number of aryl methyl sites for hydroxylation is 1. The number of hydrogen-bond donors (Lipinski definition) is 0. The molecular weight excluding hydrogens is 457 g/mol. The number of halogens is 2. The maximum absolute atomic E-state index is 13.0. The van der Waals surface area contributed by atoms with Crippen LogP contribution in [0.15, 0.2) is 47.4 Å². The highest BCUT2D eigenvalue weighted by atomic mass is 35.5. The van der Waals surface area contributed by atoms with Crippen molar-refractivity contribution in [2.24, 2.45) is 0 Å². The van der Waals surface area contributed by atoms with Gasteiger partial charge in [0.25, 0.3) is 0 Å². The van der Waals surface area contributed by atoms with Crippen LogP contribution in [0.4, 0.5) is 4.79 Å². The second-order valence-electron chi connectivity index (χ2n) is 8.09. The van der Waals surface area contributed by atoms with Gasteiger partial charge in [-0.15, -0.1) is 0 Å². The van der Waals surface area contributed by atoms with Gasteiger partial charge in [0.15, 0.2) is 0 Å². The third-order valence-electron chi connectivity index (χ3n) is 6.01. The number of rotatable bonds is 5. The van der Waals surface area contributed by atoms with Crippen molar-refractivity contribution >= 4 is 39.3 Å². The molecule has 2 amide bonds. The molecule has 6 nitrogen and oxygen atoms in total. The first-order valence-corrected chi connectivity index (χ1v) is 12.5. The normalized spacial score (nSPS) is 18.7. The summed E-state index contributed by atoms with van der Waals surface area (Å²) in [5, 5.41) is 0.538. The van der Waals surface area contributed by atoms with E-state index in [4.69, 9.17) is 23.2 Å². The molecule has 4 rings (SSSR count). The minimum absolute atomic E-state index is 0.0337. The van der Waals surface area contributed by atoms with Crippen molar-refractivity contribution in [3.8, 4) is 0 Å². The van der Waals surface area contributed by atoms with Gasteiger partial charge in [0.05, 0.1) is 14.9 Å². The largest absolute Gasteiger partial charge is 0.320 e. The van der Waals surface area contributed by atoms with Gasteiger partial charge in [-0.2, -0.15) is 4.31 Å². The van der Waals surface area contributed by atoms with Crippen LogP contribution >= 0.6 is 23.2 Å². The molecule has 0 aliphatic carbocycles. The standard InChI is InChI=1S/C22H25Cl2N3O3S/c1-16-2-4-17(5-3-16)15-25-12-13-27(22(25)28)18-8-10-26(11-9-18)31(29,30)19-6-7-20(23)21(24)14-19/h2-7,14,18H,8-13,15H2,1H3. The van der Waals surface area contributed by atoms with E-state index in [0.717, 1.165) is 5.56 Å². The van der Waals surface area contributed by atoms with Gasteiger partial charge in [0.1, 0.15) is 0 Å². The lowest BCUT2D eigenvalue weighted by Crippen LogP contribution is -2.47. The summed E-state index contributed by atoms with van der Waals surface area (Å²) in [7, 11) is -3.64. The number of benzene rings is 2. The minimum Gasteiger partial charge on any atom is -0.320 e. The summed E-state index contributed by atoms with van der Waals surface area (Å²) in [6.45, 7) is 4.74. The van der Waals surface area contributed by atoms with Crippen molar-refractivity contribution in [2.45, 2.75) is 37.2 Å². The Morgan fingerprint density at radius 1 is 0.935 bits per heavy atom. The molecule has 0 bridgehead atoms. The van der Waals surface area contributed by atoms with Gasteiger partial charge < -0.3 is 9.80 Å². The van der Waals surface area contributed by atoms with E-state index in [1.54, 1.807) is 0 Å². The summed E-state index contributed by atoms with van der Waals surface area (Å²) in [6, 6.07) is 12.7. The number of amides is 2. The van der Waals surface area contributed by atoms with E-state index in [2.05, 4.69) is 24.3 Å². The lowest BCUT2D eigenvalue weighted by Gasteiger charge is -2.36. The molecule has 31 heavy (non-hydrogen) atoms. The average Bonchev–Trinajstić information content (AvgIpc) is 3.12. The molecule has 0 atom stereocenters. The molecule has 2 aromatic rings. The number of carbonyl (C=O) groups excluding carboxylic acids is 1. The first-order chi connectivity index (χ1) is 14.8. The lowest BCUT2D eigenvalue weighted by atomic mass is 10.1. The van der Waals surface area contributed by atoms with Gasteiger partial charge in [0, 0.05) is 38.8 Å². The molecule has 0 aromatic heterocycles. The maximum atomic E-state index is 13.0. The third kappa shape index (κ3) is 4.70. The molecule has 2 heterocycles. The molecule has 2 aliphatic heterocycles. The first kappa shape index (κ1) is 22.4. The summed E-state index contributed by atoms with van der Waals surface area (Å²) in [6.07, 6.45) is 1.23. The van der Waals surface area contributed by atoms with Gasteiger partial charge in [0.2, 0.25) is 10.0 Å². The SMILES string of the molecule is Cc1ccc(CN2CCN(C3CCN(S(=O)(=O)c4ccc(Cl)c(Cl)c4)CC3)C2=O)cc1. The van der Waals surface area contributed by atoms with E-state index in [1.165, 1.54) is 28.1 Å². The van der Waals surface area contributed by atoms with Gasteiger partial charge in [-0.05, 0) is 43.5 Å². The molecule has 0 saturated carbocycles. The van der Waals surface area contributed by atoms with Crippen LogP contribution in [0.25, 0.3) is 0 Å². The third-order valence-corrected chi connectivity index (χ3v) is 8.65.